The summed E-state index contributed by atoms with van der Waals surface area (Å²) in [5.41, 5.74) is 0.662. The lowest BCUT2D eigenvalue weighted by molar-refractivity contribution is 0.0679. The molecule has 0 saturated carbocycles. The minimum Gasteiger partial charge on any atom is -0.491 e. The fourth-order valence-electron chi connectivity index (χ4n) is 2.08. The van der Waals surface area contributed by atoms with Crippen molar-refractivity contribution < 1.29 is 14.3 Å². The van der Waals surface area contributed by atoms with Crippen molar-refractivity contribution in [3.8, 4) is 5.75 Å². The third kappa shape index (κ3) is 4.23. The Morgan fingerprint density at radius 2 is 2.20 bits per heavy atom. The van der Waals surface area contributed by atoms with E-state index in [0.717, 1.165) is 31.6 Å². The first-order valence-electron chi connectivity index (χ1n) is 7.34. The van der Waals surface area contributed by atoms with Crippen molar-refractivity contribution >= 4 is 5.91 Å². The lowest BCUT2D eigenvalue weighted by atomic mass is 10.2. The molecule has 4 heteroatoms. The van der Waals surface area contributed by atoms with Crippen LogP contribution in [0.1, 0.15) is 43.5 Å². The van der Waals surface area contributed by atoms with Crippen LogP contribution in [0.4, 0.5) is 0 Å². The molecule has 1 aliphatic rings. The van der Waals surface area contributed by atoms with Gasteiger partial charge in [0.15, 0.2) is 0 Å². The van der Waals surface area contributed by atoms with E-state index >= 15 is 0 Å². The van der Waals surface area contributed by atoms with Gasteiger partial charge in [-0.25, -0.2) is 0 Å². The maximum absolute atomic E-state index is 11.9. The van der Waals surface area contributed by atoms with Crippen LogP contribution in [-0.2, 0) is 4.74 Å². The van der Waals surface area contributed by atoms with Gasteiger partial charge in [0.2, 0.25) is 0 Å². The van der Waals surface area contributed by atoms with Crippen molar-refractivity contribution in [2.24, 2.45) is 0 Å². The molecule has 0 aliphatic carbocycles. The summed E-state index contributed by atoms with van der Waals surface area (Å²) in [6.45, 7) is 5.46. The van der Waals surface area contributed by atoms with Gasteiger partial charge in [-0.15, -0.1) is 0 Å². The van der Waals surface area contributed by atoms with Crippen molar-refractivity contribution in [2.75, 3.05) is 13.2 Å². The first-order valence-corrected chi connectivity index (χ1v) is 7.34. The lowest BCUT2D eigenvalue weighted by Gasteiger charge is -2.13. The van der Waals surface area contributed by atoms with E-state index in [1.165, 1.54) is 0 Å². The quantitative estimate of drug-likeness (QED) is 0.869. The molecule has 1 saturated heterocycles. The van der Waals surface area contributed by atoms with Crippen LogP contribution >= 0.6 is 0 Å². The standard InChI is InChI=1S/C16H23NO3/c1-3-12(2)17-16(18)13-6-8-14(9-7-13)20-11-15-5-4-10-19-15/h6-9,12,15H,3-5,10-11H2,1-2H3,(H,17,18)/t12-,15+/m1/s1. The van der Waals surface area contributed by atoms with Gasteiger partial charge < -0.3 is 14.8 Å². The minimum atomic E-state index is -0.0370. The van der Waals surface area contributed by atoms with Crippen LogP contribution in [0, 0.1) is 0 Å². The average molecular weight is 277 g/mol. The number of hydrogen-bond acceptors (Lipinski definition) is 3. The van der Waals surface area contributed by atoms with Crippen LogP contribution in [0.3, 0.4) is 0 Å². The Morgan fingerprint density at radius 3 is 2.80 bits per heavy atom. The average Bonchev–Trinajstić information content (AvgIpc) is 2.98. The van der Waals surface area contributed by atoms with E-state index in [1.54, 1.807) is 12.1 Å². The normalized spacial score (nSPS) is 19.6. The number of carbonyl (C=O) groups excluding carboxylic acids is 1. The highest BCUT2D eigenvalue weighted by molar-refractivity contribution is 5.94. The summed E-state index contributed by atoms with van der Waals surface area (Å²) in [5, 5.41) is 2.94. The van der Waals surface area contributed by atoms with E-state index in [0.29, 0.717) is 12.2 Å². The molecular formula is C16H23NO3. The van der Waals surface area contributed by atoms with Gasteiger partial charge in [0, 0.05) is 18.2 Å². The van der Waals surface area contributed by atoms with Gasteiger partial charge in [-0.2, -0.15) is 0 Å². The van der Waals surface area contributed by atoms with E-state index in [1.807, 2.05) is 26.0 Å². The van der Waals surface area contributed by atoms with Crippen molar-refractivity contribution in [3.05, 3.63) is 29.8 Å². The summed E-state index contributed by atoms with van der Waals surface area (Å²) in [6.07, 6.45) is 3.32. The van der Waals surface area contributed by atoms with E-state index in [-0.39, 0.29) is 18.1 Å². The SMILES string of the molecule is CC[C@@H](C)NC(=O)c1ccc(OC[C@@H]2CCCO2)cc1. The molecule has 1 aromatic rings. The number of rotatable bonds is 6. The molecule has 4 nitrogen and oxygen atoms in total. The Labute approximate surface area is 120 Å². The fraction of sp³-hybridized carbons (Fsp3) is 0.562. The molecule has 0 bridgehead atoms. The van der Waals surface area contributed by atoms with E-state index < -0.39 is 0 Å². The Hall–Kier alpha value is -1.55. The highest BCUT2D eigenvalue weighted by Gasteiger charge is 2.16. The Bertz CT molecular complexity index is 424. The highest BCUT2D eigenvalue weighted by atomic mass is 16.5. The molecule has 2 atom stereocenters. The molecule has 0 spiro atoms. The van der Waals surface area contributed by atoms with Crippen molar-refractivity contribution in [3.63, 3.8) is 0 Å². The Balaban J connectivity index is 1.84. The van der Waals surface area contributed by atoms with Gasteiger partial charge in [-0.05, 0) is 50.5 Å². The number of nitrogens with one attached hydrogen (secondary N) is 1. The second-order valence-electron chi connectivity index (χ2n) is 5.25. The van der Waals surface area contributed by atoms with Gasteiger partial charge in [0.1, 0.15) is 12.4 Å². The zero-order valence-corrected chi connectivity index (χ0v) is 12.2. The van der Waals surface area contributed by atoms with Crippen LogP contribution in [0.5, 0.6) is 5.75 Å². The third-order valence-electron chi connectivity index (χ3n) is 3.57. The minimum absolute atomic E-state index is 0.0370. The maximum atomic E-state index is 11.9. The molecule has 1 amide bonds. The molecule has 1 aromatic carbocycles. The molecule has 0 radical (unpaired) electrons. The number of amides is 1. The van der Waals surface area contributed by atoms with Gasteiger partial charge in [-0.1, -0.05) is 6.92 Å². The Morgan fingerprint density at radius 1 is 1.45 bits per heavy atom. The zero-order valence-electron chi connectivity index (χ0n) is 12.2. The van der Waals surface area contributed by atoms with Gasteiger partial charge in [-0.3, -0.25) is 4.79 Å². The summed E-state index contributed by atoms with van der Waals surface area (Å²) in [4.78, 5) is 11.9. The monoisotopic (exact) mass is 277 g/mol. The number of ether oxygens (including phenoxy) is 2. The highest BCUT2D eigenvalue weighted by Crippen LogP contribution is 2.16. The molecule has 20 heavy (non-hydrogen) atoms. The molecule has 0 unspecified atom stereocenters. The molecule has 1 heterocycles. The lowest BCUT2D eigenvalue weighted by Crippen LogP contribution is -2.31. The van der Waals surface area contributed by atoms with Crippen LogP contribution < -0.4 is 10.1 Å². The van der Waals surface area contributed by atoms with Gasteiger partial charge in [0.25, 0.3) is 5.91 Å². The van der Waals surface area contributed by atoms with Crippen molar-refractivity contribution in [1.82, 2.24) is 5.32 Å². The predicted octanol–water partition coefficient (Wildman–Crippen LogP) is 2.77. The summed E-state index contributed by atoms with van der Waals surface area (Å²) in [5.74, 6) is 0.741. The molecule has 110 valence electrons. The molecule has 2 rings (SSSR count). The first kappa shape index (κ1) is 14.9. The smallest absolute Gasteiger partial charge is 0.251 e. The van der Waals surface area contributed by atoms with Crippen LogP contribution in [0.2, 0.25) is 0 Å². The largest absolute Gasteiger partial charge is 0.491 e. The Kier molecular flexibility index (Phi) is 5.41. The second-order valence-corrected chi connectivity index (χ2v) is 5.25. The van der Waals surface area contributed by atoms with Gasteiger partial charge in [0.05, 0.1) is 6.10 Å². The third-order valence-corrected chi connectivity index (χ3v) is 3.57. The van der Waals surface area contributed by atoms with Crippen molar-refractivity contribution in [2.45, 2.75) is 45.3 Å². The molecule has 1 N–H and O–H groups in total. The van der Waals surface area contributed by atoms with Crippen LogP contribution in [0.15, 0.2) is 24.3 Å². The predicted molar refractivity (Wildman–Crippen MR) is 78.1 cm³/mol. The zero-order chi connectivity index (χ0) is 14.4. The maximum Gasteiger partial charge on any atom is 0.251 e. The second kappa shape index (κ2) is 7.29. The van der Waals surface area contributed by atoms with Gasteiger partial charge >= 0.3 is 0 Å². The summed E-state index contributed by atoms with van der Waals surface area (Å²) in [6, 6.07) is 7.45. The molecule has 1 fully saturated rings. The van der Waals surface area contributed by atoms with Crippen LogP contribution in [0.25, 0.3) is 0 Å². The fourth-order valence-corrected chi connectivity index (χ4v) is 2.08. The summed E-state index contributed by atoms with van der Waals surface area (Å²) < 4.78 is 11.2. The van der Waals surface area contributed by atoms with Crippen LogP contribution in [-0.4, -0.2) is 31.3 Å². The number of carbonyl (C=O) groups is 1. The first-order chi connectivity index (χ1) is 9.69. The molecular weight excluding hydrogens is 254 g/mol. The summed E-state index contributed by atoms with van der Waals surface area (Å²) in [7, 11) is 0. The summed E-state index contributed by atoms with van der Waals surface area (Å²) >= 11 is 0. The van der Waals surface area contributed by atoms with E-state index in [2.05, 4.69) is 5.32 Å². The van der Waals surface area contributed by atoms with Crippen molar-refractivity contribution in [1.29, 1.82) is 0 Å². The molecule has 1 aliphatic heterocycles. The number of benzene rings is 1. The van der Waals surface area contributed by atoms with E-state index in [9.17, 15) is 4.79 Å². The molecule has 0 aromatic heterocycles. The number of hydrogen-bond donors (Lipinski definition) is 1. The topological polar surface area (TPSA) is 47.6 Å². The van der Waals surface area contributed by atoms with E-state index in [4.69, 9.17) is 9.47 Å².